The van der Waals surface area contributed by atoms with Crippen LogP contribution in [0.3, 0.4) is 0 Å². The van der Waals surface area contributed by atoms with Crippen molar-refractivity contribution >= 4 is 11.9 Å². The van der Waals surface area contributed by atoms with Crippen molar-refractivity contribution in [2.75, 3.05) is 13.2 Å². The molecule has 0 rings (SSSR count). The summed E-state index contributed by atoms with van der Waals surface area (Å²) < 4.78 is 4.69. The van der Waals surface area contributed by atoms with E-state index in [0.717, 1.165) is 0 Å². The second-order valence-electron chi connectivity index (χ2n) is 2.59. The van der Waals surface area contributed by atoms with E-state index in [4.69, 9.17) is 21.9 Å². The minimum atomic E-state index is -0.963. The van der Waals surface area contributed by atoms with Gasteiger partial charge in [-0.05, 0) is 13.0 Å². The van der Waals surface area contributed by atoms with Crippen molar-refractivity contribution in [3.05, 3.63) is 0 Å². The summed E-state index contributed by atoms with van der Waals surface area (Å²) in [5.41, 5.74) is 15.3. The molecule has 0 unspecified atom stereocenters. The van der Waals surface area contributed by atoms with Crippen LogP contribution >= 0.6 is 0 Å². The molecule has 0 spiro atoms. The molecule has 0 aromatic heterocycles. The van der Waals surface area contributed by atoms with Gasteiger partial charge in [-0.3, -0.25) is 9.59 Å². The quantitative estimate of drug-likeness (QED) is 0.332. The normalized spacial score (nSPS) is 12.2. The summed E-state index contributed by atoms with van der Waals surface area (Å²) in [7, 11) is 0. The lowest BCUT2D eigenvalue weighted by Crippen LogP contribution is -2.36. The Kier molecular flexibility index (Phi) is 5.82. The fourth-order valence-electron chi connectivity index (χ4n) is 0.663. The maximum Gasteiger partial charge on any atom is 0.323 e. The fraction of sp³-hybridized carbons (Fsp3) is 0.714. The van der Waals surface area contributed by atoms with Gasteiger partial charge in [0.2, 0.25) is 5.91 Å². The Balaban J connectivity index is 3.63. The van der Waals surface area contributed by atoms with Crippen molar-refractivity contribution in [3.8, 4) is 0 Å². The van der Waals surface area contributed by atoms with E-state index in [2.05, 4.69) is 0 Å². The summed E-state index contributed by atoms with van der Waals surface area (Å²) in [4.78, 5) is 21.3. The fourth-order valence-corrected chi connectivity index (χ4v) is 0.663. The van der Waals surface area contributed by atoms with Gasteiger partial charge in [0.05, 0.1) is 13.0 Å². The van der Waals surface area contributed by atoms with E-state index in [-0.39, 0.29) is 13.0 Å². The molecule has 0 radical (unpaired) electrons. The molecule has 6 heteroatoms. The molecule has 0 aliphatic carbocycles. The Morgan fingerprint density at radius 3 is 2.46 bits per heavy atom. The van der Waals surface area contributed by atoms with Gasteiger partial charge in [0.25, 0.3) is 0 Å². The van der Waals surface area contributed by atoms with Gasteiger partial charge < -0.3 is 21.9 Å². The third kappa shape index (κ3) is 6.06. The lowest BCUT2D eigenvalue weighted by molar-refractivity contribution is -0.146. The predicted octanol–water partition coefficient (Wildman–Crippen LogP) is -1.92. The van der Waals surface area contributed by atoms with E-state index in [9.17, 15) is 9.59 Å². The summed E-state index contributed by atoms with van der Waals surface area (Å²) >= 11 is 0. The van der Waals surface area contributed by atoms with Crippen LogP contribution in [-0.4, -0.2) is 31.1 Å². The number of amides is 1. The Morgan fingerprint density at radius 2 is 2.00 bits per heavy atom. The van der Waals surface area contributed by atoms with Crippen LogP contribution in [0.2, 0.25) is 0 Å². The number of hydrogen-bond acceptors (Lipinski definition) is 5. The summed E-state index contributed by atoms with van der Waals surface area (Å²) in [6.07, 6.45) is 0.385. The molecule has 0 saturated heterocycles. The summed E-state index contributed by atoms with van der Waals surface area (Å²) in [6, 6.07) is -0.963. The van der Waals surface area contributed by atoms with E-state index in [1.54, 1.807) is 0 Å². The summed E-state index contributed by atoms with van der Waals surface area (Å²) in [6.45, 7) is 0.667. The molecule has 0 bridgehead atoms. The monoisotopic (exact) mass is 189 g/mol. The average Bonchev–Trinajstić information content (AvgIpc) is 2.03. The first-order valence-electron chi connectivity index (χ1n) is 3.98. The first kappa shape index (κ1) is 11.9. The van der Waals surface area contributed by atoms with Crippen LogP contribution in [0.25, 0.3) is 0 Å². The number of primary amides is 1. The number of esters is 1. The average molecular weight is 189 g/mol. The Labute approximate surface area is 76.4 Å². The van der Waals surface area contributed by atoms with Crippen molar-refractivity contribution in [1.29, 1.82) is 0 Å². The van der Waals surface area contributed by atoms with Crippen LogP contribution in [0.4, 0.5) is 0 Å². The Bertz CT molecular complexity index is 184. The molecule has 13 heavy (non-hydrogen) atoms. The summed E-state index contributed by atoms with van der Waals surface area (Å²) in [5.74, 6) is -1.24. The third-order valence-corrected chi connectivity index (χ3v) is 1.32. The lowest BCUT2D eigenvalue weighted by atomic mass is 10.2. The molecule has 0 saturated carbocycles. The molecule has 0 aromatic carbocycles. The van der Waals surface area contributed by atoms with Crippen LogP contribution in [-0.2, 0) is 14.3 Å². The van der Waals surface area contributed by atoms with Crippen LogP contribution in [0.15, 0.2) is 0 Å². The summed E-state index contributed by atoms with van der Waals surface area (Å²) in [5, 5.41) is 0. The molecule has 0 aliphatic heterocycles. The molecule has 6 N–H and O–H groups in total. The zero-order chi connectivity index (χ0) is 10.3. The number of carbonyl (C=O) groups is 2. The van der Waals surface area contributed by atoms with Crippen LogP contribution in [0, 0.1) is 0 Å². The number of nitrogens with two attached hydrogens (primary N) is 3. The van der Waals surface area contributed by atoms with Gasteiger partial charge in [-0.1, -0.05) is 0 Å². The van der Waals surface area contributed by atoms with Crippen molar-refractivity contribution in [1.82, 2.24) is 0 Å². The molecule has 0 fully saturated rings. The molecular weight excluding hydrogens is 174 g/mol. The van der Waals surface area contributed by atoms with Gasteiger partial charge in [-0.25, -0.2) is 0 Å². The van der Waals surface area contributed by atoms with E-state index in [1.807, 2.05) is 0 Å². The molecule has 1 atom stereocenters. The minimum absolute atomic E-state index is 0.193. The molecule has 6 nitrogen and oxygen atoms in total. The first-order valence-corrected chi connectivity index (χ1v) is 3.98. The van der Waals surface area contributed by atoms with Gasteiger partial charge >= 0.3 is 5.97 Å². The van der Waals surface area contributed by atoms with Crippen LogP contribution < -0.4 is 17.2 Å². The van der Waals surface area contributed by atoms with Gasteiger partial charge in [0.15, 0.2) is 0 Å². The van der Waals surface area contributed by atoms with Gasteiger partial charge in [0.1, 0.15) is 6.04 Å². The lowest BCUT2D eigenvalue weighted by Gasteiger charge is -2.08. The highest BCUT2D eigenvalue weighted by Crippen LogP contribution is 1.92. The zero-order valence-corrected chi connectivity index (χ0v) is 7.36. The zero-order valence-electron chi connectivity index (χ0n) is 7.36. The molecule has 0 heterocycles. The van der Waals surface area contributed by atoms with E-state index in [1.165, 1.54) is 0 Å². The Hall–Kier alpha value is -1.14. The van der Waals surface area contributed by atoms with Crippen molar-refractivity contribution in [2.45, 2.75) is 18.9 Å². The largest absolute Gasteiger partial charge is 0.464 e. The number of rotatable bonds is 6. The Morgan fingerprint density at radius 1 is 1.38 bits per heavy atom. The van der Waals surface area contributed by atoms with Crippen molar-refractivity contribution in [2.24, 2.45) is 17.2 Å². The minimum Gasteiger partial charge on any atom is -0.464 e. The van der Waals surface area contributed by atoms with E-state index < -0.39 is 17.9 Å². The van der Waals surface area contributed by atoms with Crippen LogP contribution in [0.1, 0.15) is 12.8 Å². The SMILES string of the molecule is NCCCOC(=O)[C@@H](N)CC(N)=O. The van der Waals surface area contributed by atoms with E-state index >= 15 is 0 Å². The third-order valence-electron chi connectivity index (χ3n) is 1.32. The maximum atomic E-state index is 11.0. The highest BCUT2D eigenvalue weighted by Gasteiger charge is 2.16. The molecule has 1 amide bonds. The number of hydrogen-bond donors (Lipinski definition) is 3. The van der Waals surface area contributed by atoms with E-state index in [0.29, 0.717) is 13.0 Å². The smallest absolute Gasteiger partial charge is 0.323 e. The maximum absolute atomic E-state index is 11.0. The van der Waals surface area contributed by atoms with Gasteiger partial charge in [-0.15, -0.1) is 0 Å². The molecule has 76 valence electrons. The van der Waals surface area contributed by atoms with Crippen LogP contribution in [0.5, 0.6) is 0 Å². The molecular formula is C7H15N3O3. The topological polar surface area (TPSA) is 121 Å². The molecule has 0 aromatic rings. The number of ether oxygens (including phenoxy) is 1. The van der Waals surface area contributed by atoms with Gasteiger partial charge in [0, 0.05) is 0 Å². The second kappa shape index (κ2) is 6.38. The first-order chi connectivity index (χ1) is 6.07. The standard InChI is InChI=1S/C7H15N3O3/c8-2-1-3-13-7(12)5(9)4-6(10)11/h5H,1-4,8-9H2,(H2,10,11)/t5-/m0/s1. The highest BCUT2D eigenvalue weighted by molar-refractivity contribution is 5.84. The van der Waals surface area contributed by atoms with Crippen molar-refractivity contribution in [3.63, 3.8) is 0 Å². The number of carbonyl (C=O) groups excluding carboxylic acids is 2. The predicted molar refractivity (Wildman–Crippen MR) is 46.4 cm³/mol. The molecule has 0 aliphatic rings. The van der Waals surface area contributed by atoms with Gasteiger partial charge in [-0.2, -0.15) is 0 Å². The second-order valence-corrected chi connectivity index (χ2v) is 2.59. The van der Waals surface area contributed by atoms with Crippen molar-refractivity contribution < 1.29 is 14.3 Å². The highest BCUT2D eigenvalue weighted by atomic mass is 16.5.